The Bertz CT molecular complexity index is 370. The van der Waals surface area contributed by atoms with Gasteiger partial charge in [-0.2, -0.15) is 0 Å². The summed E-state index contributed by atoms with van der Waals surface area (Å²) in [7, 11) is 2.07. The molecule has 1 aromatic rings. The summed E-state index contributed by atoms with van der Waals surface area (Å²) in [6.07, 6.45) is 2.84. The largest absolute Gasteiger partial charge is 0.312 e. The van der Waals surface area contributed by atoms with E-state index in [1.807, 2.05) is 0 Å². The lowest BCUT2D eigenvalue weighted by molar-refractivity contribution is 0.128. The van der Waals surface area contributed by atoms with Crippen LogP contribution in [0.4, 0.5) is 0 Å². The van der Waals surface area contributed by atoms with E-state index in [4.69, 9.17) is 0 Å². The van der Waals surface area contributed by atoms with E-state index in [-0.39, 0.29) is 0 Å². The number of benzene rings is 1. The molecule has 1 aromatic carbocycles. The van der Waals surface area contributed by atoms with E-state index >= 15 is 0 Å². The minimum Gasteiger partial charge on any atom is -0.312 e. The van der Waals surface area contributed by atoms with Gasteiger partial charge in [0.15, 0.2) is 0 Å². The molecule has 2 nitrogen and oxygen atoms in total. The Labute approximate surface area is 118 Å². The highest BCUT2D eigenvalue weighted by molar-refractivity contribution is 5.20. The Hall–Kier alpha value is -0.860. The maximum absolute atomic E-state index is 3.51. The molecule has 0 radical (unpaired) electrons. The first-order valence-electron chi connectivity index (χ1n) is 7.61. The van der Waals surface area contributed by atoms with Crippen molar-refractivity contribution in [2.45, 2.75) is 51.7 Å². The van der Waals surface area contributed by atoms with Gasteiger partial charge in [-0.15, -0.1) is 0 Å². The van der Waals surface area contributed by atoms with Crippen molar-refractivity contribution in [3.63, 3.8) is 0 Å². The van der Waals surface area contributed by atoms with Crippen LogP contribution in [0.15, 0.2) is 30.3 Å². The highest BCUT2D eigenvalue weighted by atomic mass is 15.2. The summed E-state index contributed by atoms with van der Waals surface area (Å²) < 4.78 is 0. The second kappa shape index (κ2) is 6.53. The van der Waals surface area contributed by atoms with Gasteiger partial charge < -0.3 is 5.32 Å². The van der Waals surface area contributed by atoms with E-state index in [1.54, 1.807) is 0 Å². The summed E-state index contributed by atoms with van der Waals surface area (Å²) in [5.74, 6) is 0.943. The molecule has 0 amide bonds. The van der Waals surface area contributed by atoms with Crippen molar-refractivity contribution in [3.05, 3.63) is 35.9 Å². The monoisotopic (exact) mass is 260 g/mol. The number of likely N-dealkylation sites (N-methyl/N-ethyl adjacent to an activating group) is 1. The zero-order valence-electron chi connectivity index (χ0n) is 12.8. The van der Waals surface area contributed by atoms with Gasteiger partial charge in [0.05, 0.1) is 0 Å². The van der Waals surface area contributed by atoms with Gasteiger partial charge in [0.2, 0.25) is 0 Å². The van der Waals surface area contributed by atoms with Gasteiger partial charge in [0.25, 0.3) is 0 Å². The van der Waals surface area contributed by atoms with Crippen molar-refractivity contribution in [2.75, 3.05) is 13.6 Å². The maximum atomic E-state index is 3.51. The molecule has 0 spiro atoms. The van der Waals surface area contributed by atoms with E-state index < -0.39 is 0 Å². The number of rotatable bonds is 7. The van der Waals surface area contributed by atoms with Crippen LogP contribution in [0.2, 0.25) is 0 Å². The Kier molecular flexibility index (Phi) is 5.00. The average Bonchev–Trinajstić information content (AvgIpc) is 3.21. The third-order valence-electron chi connectivity index (χ3n) is 4.30. The molecular weight excluding hydrogens is 232 g/mol. The lowest BCUT2D eigenvalue weighted by Gasteiger charge is -2.38. The van der Waals surface area contributed by atoms with Crippen LogP contribution in [-0.2, 0) is 0 Å². The van der Waals surface area contributed by atoms with Crippen LogP contribution >= 0.6 is 0 Å². The van der Waals surface area contributed by atoms with Crippen LogP contribution in [0.1, 0.15) is 45.2 Å². The molecule has 1 aliphatic rings. The van der Waals surface area contributed by atoms with Gasteiger partial charge in [0.1, 0.15) is 0 Å². The van der Waals surface area contributed by atoms with Crippen molar-refractivity contribution in [2.24, 2.45) is 5.92 Å². The first-order valence-corrected chi connectivity index (χ1v) is 7.61. The van der Waals surface area contributed by atoms with E-state index in [9.17, 15) is 0 Å². The second-order valence-corrected chi connectivity index (χ2v) is 6.15. The first-order chi connectivity index (χ1) is 9.13. The highest BCUT2D eigenvalue weighted by Gasteiger charge is 2.31. The molecule has 0 aliphatic heterocycles. The number of nitrogens with one attached hydrogen (secondary N) is 1. The third-order valence-corrected chi connectivity index (χ3v) is 4.30. The quantitative estimate of drug-likeness (QED) is 0.807. The van der Waals surface area contributed by atoms with Gasteiger partial charge >= 0.3 is 0 Å². The van der Waals surface area contributed by atoms with Gasteiger partial charge in [-0.25, -0.2) is 0 Å². The molecule has 1 N–H and O–H groups in total. The fourth-order valence-corrected chi connectivity index (χ4v) is 2.98. The van der Waals surface area contributed by atoms with Crippen LogP contribution in [0.5, 0.6) is 0 Å². The Morgan fingerprint density at radius 3 is 2.26 bits per heavy atom. The van der Waals surface area contributed by atoms with E-state index in [2.05, 4.69) is 68.4 Å². The van der Waals surface area contributed by atoms with Gasteiger partial charge in [-0.1, -0.05) is 30.3 Å². The molecule has 1 aliphatic carbocycles. The smallest absolute Gasteiger partial charge is 0.0473 e. The van der Waals surface area contributed by atoms with Crippen LogP contribution in [0.25, 0.3) is 0 Å². The molecule has 0 aromatic heterocycles. The van der Waals surface area contributed by atoms with E-state index in [0.717, 1.165) is 5.92 Å². The highest BCUT2D eigenvalue weighted by Crippen LogP contribution is 2.32. The van der Waals surface area contributed by atoms with Crippen LogP contribution < -0.4 is 5.32 Å². The average molecular weight is 260 g/mol. The third kappa shape index (κ3) is 3.80. The molecule has 1 saturated carbocycles. The Morgan fingerprint density at radius 1 is 1.16 bits per heavy atom. The summed E-state index contributed by atoms with van der Waals surface area (Å²) in [5, 5.41) is 3.51. The summed E-state index contributed by atoms with van der Waals surface area (Å²) in [6.45, 7) is 8.24. The van der Waals surface area contributed by atoms with Gasteiger partial charge in [-0.05, 0) is 52.1 Å². The topological polar surface area (TPSA) is 15.3 Å². The van der Waals surface area contributed by atoms with Crippen molar-refractivity contribution in [3.8, 4) is 0 Å². The lowest BCUT2D eigenvalue weighted by atomic mass is 9.98. The molecule has 1 fully saturated rings. The SMILES string of the molecule is CNC(c1ccccc1)C(C)N(CC1CC1)C(C)C. The molecule has 106 valence electrons. The first kappa shape index (κ1) is 14.5. The van der Waals surface area contributed by atoms with Crippen LogP contribution in [0, 0.1) is 5.92 Å². The summed E-state index contributed by atoms with van der Waals surface area (Å²) in [4.78, 5) is 2.66. The molecular formula is C17H28N2. The Morgan fingerprint density at radius 2 is 1.79 bits per heavy atom. The molecule has 2 atom stereocenters. The summed E-state index contributed by atoms with van der Waals surface area (Å²) in [5.41, 5.74) is 1.39. The summed E-state index contributed by atoms with van der Waals surface area (Å²) >= 11 is 0. The predicted molar refractivity (Wildman–Crippen MR) is 82.3 cm³/mol. The fraction of sp³-hybridized carbons (Fsp3) is 0.647. The minimum absolute atomic E-state index is 0.405. The van der Waals surface area contributed by atoms with E-state index in [1.165, 1.54) is 24.9 Å². The van der Waals surface area contributed by atoms with Gasteiger partial charge in [0, 0.05) is 24.7 Å². The van der Waals surface area contributed by atoms with Crippen molar-refractivity contribution < 1.29 is 0 Å². The standard InChI is InChI=1S/C17H28N2/c1-13(2)19(12-15-10-11-15)14(3)17(18-4)16-8-6-5-7-9-16/h5-9,13-15,17-18H,10-12H2,1-4H3. The molecule has 19 heavy (non-hydrogen) atoms. The molecule has 0 saturated heterocycles. The normalized spacial score (nSPS) is 18.8. The molecule has 2 heteroatoms. The number of hydrogen-bond donors (Lipinski definition) is 1. The Balaban J connectivity index is 2.10. The summed E-state index contributed by atoms with van der Waals surface area (Å²) in [6, 6.07) is 12.3. The van der Waals surface area contributed by atoms with E-state index in [0.29, 0.717) is 18.1 Å². The van der Waals surface area contributed by atoms with Crippen LogP contribution in [0.3, 0.4) is 0 Å². The second-order valence-electron chi connectivity index (χ2n) is 6.15. The van der Waals surface area contributed by atoms with Gasteiger partial charge in [-0.3, -0.25) is 4.90 Å². The number of nitrogens with zero attached hydrogens (tertiary/aromatic N) is 1. The zero-order chi connectivity index (χ0) is 13.8. The molecule has 2 unspecified atom stereocenters. The molecule has 0 bridgehead atoms. The van der Waals surface area contributed by atoms with Crippen molar-refractivity contribution in [1.82, 2.24) is 10.2 Å². The van der Waals surface area contributed by atoms with Crippen molar-refractivity contribution in [1.29, 1.82) is 0 Å². The predicted octanol–water partition coefficient (Wildman–Crippen LogP) is 3.46. The van der Waals surface area contributed by atoms with Crippen LogP contribution in [-0.4, -0.2) is 30.6 Å². The van der Waals surface area contributed by atoms with Crippen molar-refractivity contribution >= 4 is 0 Å². The molecule has 2 rings (SSSR count). The maximum Gasteiger partial charge on any atom is 0.0473 e. The molecule has 0 heterocycles. The fourth-order valence-electron chi connectivity index (χ4n) is 2.98. The number of hydrogen-bond acceptors (Lipinski definition) is 2. The zero-order valence-corrected chi connectivity index (χ0v) is 12.8. The lowest BCUT2D eigenvalue weighted by Crippen LogP contribution is -2.46. The minimum atomic E-state index is 0.405.